The lowest BCUT2D eigenvalue weighted by Crippen LogP contribution is -2.42. The summed E-state index contributed by atoms with van der Waals surface area (Å²) in [7, 11) is 3.65. The summed E-state index contributed by atoms with van der Waals surface area (Å²) >= 11 is 0. The van der Waals surface area contributed by atoms with Gasteiger partial charge in [-0.05, 0) is 49.8 Å². The molecule has 0 aliphatic carbocycles. The van der Waals surface area contributed by atoms with Crippen LogP contribution in [0.2, 0.25) is 0 Å². The van der Waals surface area contributed by atoms with Crippen LogP contribution >= 0.6 is 0 Å². The average Bonchev–Trinajstić information content (AvgIpc) is 3.00. The molecular weight excluding hydrogens is 364 g/mol. The van der Waals surface area contributed by atoms with Crippen LogP contribution in [0.4, 0.5) is 0 Å². The Kier molecular flexibility index (Phi) is 8.05. The molecular formula is C22H36N6O. The van der Waals surface area contributed by atoms with Crippen molar-refractivity contribution in [3.05, 3.63) is 41.5 Å². The first-order valence-electron chi connectivity index (χ1n) is 10.2. The predicted octanol–water partition coefficient (Wildman–Crippen LogP) is 3.58. The molecule has 1 aromatic heterocycles. The van der Waals surface area contributed by atoms with Crippen LogP contribution in [0, 0.1) is 12.3 Å². The van der Waals surface area contributed by atoms with Crippen molar-refractivity contribution in [1.82, 2.24) is 25.4 Å². The average molecular weight is 401 g/mol. The summed E-state index contributed by atoms with van der Waals surface area (Å²) in [5.41, 5.74) is 1.45. The number of nitrogens with zero attached hydrogens (tertiary/aromatic N) is 4. The van der Waals surface area contributed by atoms with Gasteiger partial charge in [-0.25, -0.2) is 4.99 Å². The molecule has 0 radical (unpaired) electrons. The molecule has 0 spiro atoms. The molecule has 0 amide bonds. The number of guanidine groups is 1. The molecule has 29 heavy (non-hydrogen) atoms. The number of nitrogens with one attached hydrogen (secondary N) is 2. The van der Waals surface area contributed by atoms with Crippen LogP contribution in [0.1, 0.15) is 57.7 Å². The zero-order valence-electron chi connectivity index (χ0n) is 18.9. The lowest BCUT2D eigenvalue weighted by Gasteiger charge is -2.23. The largest absolute Gasteiger partial charge is 0.497 e. The minimum absolute atomic E-state index is 0.317. The summed E-state index contributed by atoms with van der Waals surface area (Å²) in [6.45, 7) is 12.1. The van der Waals surface area contributed by atoms with E-state index in [9.17, 15) is 0 Å². The highest BCUT2D eigenvalue weighted by molar-refractivity contribution is 5.80. The van der Waals surface area contributed by atoms with Crippen molar-refractivity contribution in [3.8, 4) is 5.75 Å². The van der Waals surface area contributed by atoms with Crippen molar-refractivity contribution in [2.45, 2.75) is 66.6 Å². The van der Waals surface area contributed by atoms with Crippen LogP contribution in [0.5, 0.6) is 5.75 Å². The zero-order chi connectivity index (χ0) is 21.4. The van der Waals surface area contributed by atoms with Gasteiger partial charge in [0.2, 0.25) is 0 Å². The van der Waals surface area contributed by atoms with E-state index in [0.29, 0.717) is 24.5 Å². The first-order chi connectivity index (χ1) is 13.7. The highest BCUT2D eigenvalue weighted by Gasteiger charge is 2.14. The molecule has 0 saturated carbocycles. The van der Waals surface area contributed by atoms with E-state index in [-0.39, 0.29) is 0 Å². The normalized spacial score (nSPS) is 13.3. The fourth-order valence-corrected chi connectivity index (χ4v) is 2.78. The minimum Gasteiger partial charge on any atom is -0.497 e. The van der Waals surface area contributed by atoms with E-state index in [1.165, 1.54) is 0 Å². The van der Waals surface area contributed by atoms with E-state index in [1.807, 2.05) is 42.8 Å². The topological polar surface area (TPSA) is 76.4 Å². The molecule has 0 aliphatic rings. The maximum atomic E-state index is 5.23. The number of aromatic nitrogens is 3. The number of hydrogen-bond donors (Lipinski definition) is 2. The second kappa shape index (κ2) is 10.3. The van der Waals surface area contributed by atoms with Crippen molar-refractivity contribution in [1.29, 1.82) is 0 Å². The first kappa shape index (κ1) is 22.7. The van der Waals surface area contributed by atoms with Crippen molar-refractivity contribution in [3.63, 3.8) is 0 Å². The van der Waals surface area contributed by atoms with Gasteiger partial charge < -0.3 is 19.9 Å². The fraction of sp³-hybridized carbons (Fsp3) is 0.591. The van der Waals surface area contributed by atoms with Crippen LogP contribution in [0.3, 0.4) is 0 Å². The van der Waals surface area contributed by atoms with Gasteiger partial charge in [0, 0.05) is 13.1 Å². The number of aryl methyl sites for hydroxylation is 1. The van der Waals surface area contributed by atoms with Gasteiger partial charge >= 0.3 is 0 Å². The summed E-state index contributed by atoms with van der Waals surface area (Å²) in [4.78, 5) is 4.78. The Morgan fingerprint density at radius 2 is 1.90 bits per heavy atom. The quantitative estimate of drug-likeness (QED) is 0.523. The van der Waals surface area contributed by atoms with Crippen LogP contribution < -0.4 is 15.4 Å². The molecule has 7 heteroatoms. The number of ether oxygens (including phenoxy) is 1. The van der Waals surface area contributed by atoms with Gasteiger partial charge in [-0.15, -0.1) is 10.2 Å². The minimum atomic E-state index is 0.317. The standard InChI is InChI=1S/C22H36N6O/c1-16(12-13-22(3,4)5)25-21(24-15-20-27-26-17(2)28(20)6)23-14-18-8-10-19(29-7)11-9-18/h8-11,16H,12-15H2,1-7H3,(H2,23,24,25). The summed E-state index contributed by atoms with van der Waals surface area (Å²) in [6.07, 6.45) is 2.23. The van der Waals surface area contributed by atoms with Gasteiger partial charge in [-0.3, -0.25) is 0 Å². The van der Waals surface area contributed by atoms with Gasteiger partial charge in [-0.2, -0.15) is 0 Å². The smallest absolute Gasteiger partial charge is 0.192 e. The van der Waals surface area contributed by atoms with Crippen LogP contribution in [0.25, 0.3) is 0 Å². The van der Waals surface area contributed by atoms with Crippen LogP contribution in [0.15, 0.2) is 29.3 Å². The van der Waals surface area contributed by atoms with E-state index in [4.69, 9.17) is 9.73 Å². The number of rotatable bonds is 8. The number of aliphatic imine (C=N–C) groups is 1. The summed E-state index contributed by atoms with van der Waals surface area (Å²) in [6, 6.07) is 8.31. The van der Waals surface area contributed by atoms with Crippen molar-refractivity contribution >= 4 is 5.96 Å². The Hall–Kier alpha value is -2.57. The third-order valence-corrected chi connectivity index (χ3v) is 4.89. The van der Waals surface area contributed by atoms with Gasteiger partial charge in [0.05, 0.1) is 20.2 Å². The van der Waals surface area contributed by atoms with E-state index in [0.717, 1.165) is 41.8 Å². The molecule has 1 atom stereocenters. The van der Waals surface area contributed by atoms with Crippen molar-refractivity contribution in [2.75, 3.05) is 7.11 Å². The molecule has 7 nitrogen and oxygen atoms in total. The monoisotopic (exact) mass is 400 g/mol. The molecule has 1 aromatic carbocycles. The second-order valence-corrected chi connectivity index (χ2v) is 8.73. The third-order valence-electron chi connectivity index (χ3n) is 4.89. The Bertz CT molecular complexity index is 789. The Morgan fingerprint density at radius 3 is 2.45 bits per heavy atom. The van der Waals surface area contributed by atoms with Crippen molar-refractivity contribution in [2.24, 2.45) is 17.5 Å². The second-order valence-electron chi connectivity index (χ2n) is 8.73. The summed E-state index contributed by atoms with van der Waals surface area (Å²) < 4.78 is 7.21. The molecule has 1 unspecified atom stereocenters. The number of methoxy groups -OCH3 is 1. The Balaban J connectivity index is 2.04. The molecule has 0 bridgehead atoms. The highest BCUT2D eigenvalue weighted by atomic mass is 16.5. The first-order valence-corrected chi connectivity index (χ1v) is 10.2. The van der Waals surface area contributed by atoms with Crippen LogP contribution in [-0.4, -0.2) is 33.9 Å². The number of hydrogen-bond acceptors (Lipinski definition) is 4. The summed E-state index contributed by atoms with van der Waals surface area (Å²) in [5, 5.41) is 15.3. The lowest BCUT2D eigenvalue weighted by atomic mass is 9.89. The van der Waals surface area contributed by atoms with Gasteiger partial charge in [-0.1, -0.05) is 32.9 Å². The van der Waals surface area contributed by atoms with E-state index < -0.39 is 0 Å². The van der Waals surface area contributed by atoms with E-state index in [1.54, 1.807) is 7.11 Å². The molecule has 160 valence electrons. The lowest BCUT2D eigenvalue weighted by molar-refractivity contribution is 0.346. The molecule has 0 fully saturated rings. The van der Waals surface area contributed by atoms with E-state index in [2.05, 4.69) is 48.5 Å². The predicted molar refractivity (Wildman–Crippen MR) is 118 cm³/mol. The summed E-state index contributed by atoms with van der Waals surface area (Å²) in [5.74, 6) is 3.40. The maximum absolute atomic E-state index is 5.23. The molecule has 2 aromatic rings. The molecule has 1 heterocycles. The van der Waals surface area contributed by atoms with E-state index >= 15 is 0 Å². The van der Waals surface area contributed by atoms with Gasteiger partial charge in [0.1, 0.15) is 11.6 Å². The number of benzene rings is 1. The van der Waals surface area contributed by atoms with Gasteiger partial charge in [0.25, 0.3) is 0 Å². The van der Waals surface area contributed by atoms with Crippen molar-refractivity contribution < 1.29 is 4.74 Å². The van der Waals surface area contributed by atoms with Gasteiger partial charge in [0.15, 0.2) is 11.8 Å². The molecule has 0 aliphatic heterocycles. The molecule has 2 rings (SSSR count). The Labute approximate surface area is 175 Å². The van der Waals surface area contributed by atoms with Crippen LogP contribution in [-0.2, 0) is 20.1 Å². The molecule has 2 N–H and O–H groups in total. The third kappa shape index (κ3) is 7.75. The Morgan fingerprint density at radius 1 is 1.21 bits per heavy atom. The maximum Gasteiger partial charge on any atom is 0.192 e. The molecule has 0 saturated heterocycles. The SMILES string of the molecule is COc1ccc(CN=C(NCc2nnc(C)n2C)NC(C)CCC(C)(C)C)cc1. The highest BCUT2D eigenvalue weighted by Crippen LogP contribution is 2.21. The zero-order valence-corrected chi connectivity index (χ0v) is 18.9. The fourth-order valence-electron chi connectivity index (χ4n) is 2.78.